The Morgan fingerprint density at radius 2 is 2.43 bits per heavy atom. The first-order valence-corrected chi connectivity index (χ1v) is 7.85. The van der Waals surface area contributed by atoms with Crippen molar-refractivity contribution in [2.24, 2.45) is 0 Å². The highest BCUT2D eigenvalue weighted by molar-refractivity contribution is 7.10. The molecule has 0 saturated heterocycles. The molecular formula is C15H15N3O4S. The molecule has 2 atom stereocenters. The molecule has 7 nitrogen and oxygen atoms in total. The summed E-state index contributed by atoms with van der Waals surface area (Å²) in [4.78, 5) is 33.5. The van der Waals surface area contributed by atoms with E-state index in [4.69, 9.17) is 4.74 Å². The first kappa shape index (κ1) is 15.3. The van der Waals surface area contributed by atoms with Gasteiger partial charge in [0.05, 0.1) is 12.0 Å². The van der Waals surface area contributed by atoms with E-state index in [1.807, 2.05) is 17.5 Å². The van der Waals surface area contributed by atoms with E-state index < -0.39 is 24.1 Å². The third kappa shape index (κ3) is 2.72. The van der Waals surface area contributed by atoms with E-state index in [9.17, 15) is 14.7 Å². The second kappa shape index (κ2) is 6.25. The number of hydrogen-bond donors (Lipinski definition) is 2. The van der Waals surface area contributed by atoms with E-state index in [1.165, 1.54) is 28.6 Å². The summed E-state index contributed by atoms with van der Waals surface area (Å²) in [7, 11) is 0. The van der Waals surface area contributed by atoms with Crippen molar-refractivity contribution < 1.29 is 19.4 Å². The van der Waals surface area contributed by atoms with Crippen molar-refractivity contribution in [1.29, 1.82) is 0 Å². The van der Waals surface area contributed by atoms with E-state index >= 15 is 0 Å². The van der Waals surface area contributed by atoms with Crippen molar-refractivity contribution in [3.05, 3.63) is 52.8 Å². The second-order valence-electron chi connectivity index (χ2n) is 5.02. The van der Waals surface area contributed by atoms with E-state index in [-0.39, 0.29) is 13.0 Å². The van der Waals surface area contributed by atoms with Gasteiger partial charge in [-0.1, -0.05) is 18.7 Å². The van der Waals surface area contributed by atoms with Gasteiger partial charge < -0.3 is 14.8 Å². The van der Waals surface area contributed by atoms with E-state index in [0.717, 1.165) is 10.6 Å². The Kier molecular flexibility index (Phi) is 4.16. The van der Waals surface area contributed by atoms with Crippen LogP contribution in [0, 0.1) is 0 Å². The number of amides is 1. The summed E-state index contributed by atoms with van der Waals surface area (Å²) in [5.74, 6) is -1.08. The molecule has 3 heterocycles. The molecule has 0 saturated carbocycles. The van der Waals surface area contributed by atoms with Gasteiger partial charge in [-0.05, 0) is 11.4 Å². The Morgan fingerprint density at radius 1 is 1.61 bits per heavy atom. The lowest BCUT2D eigenvalue weighted by molar-refractivity contribution is -0.143. The maximum Gasteiger partial charge on any atom is 0.411 e. The third-order valence-corrected chi connectivity index (χ3v) is 4.58. The molecule has 0 aromatic carbocycles. The van der Waals surface area contributed by atoms with Crippen molar-refractivity contribution in [3.8, 4) is 0 Å². The van der Waals surface area contributed by atoms with Crippen LogP contribution in [0.5, 0.6) is 0 Å². The summed E-state index contributed by atoms with van der Waals surface area (Å²) in [5, 5.41) is 11.4. The predicted molar refractivity (Wildman–Crippen MR) is 83.3 cm³/mol. The van der Waals surface area contributed by atoms with Crippen LogP contribution in [0.1, 0.15) is 22.3 Å². The molecule has 8 heteroatoms. The van der Waals surface area contributed by atoms with Crippen LogP contribution in [-0.4, -0.2) is 44.7 Å². The molecule has 23 heavy (non-hydrogen) atoms. The highest BCUT2D eigenvalue weighted by Gasteiger charge is 2.44. The molecule has 0 radical (unpaired) electrons. The van der Waals surface area contributed by atoms with Gasteiger partial charge >= 0.3 is 12.1 Å². The highest BCUT2D eigenvalue weighted by atomic mass is 32.1. The Bertz CT molecular complexity index is 725. The number of carbonyl (C=O) groups excluding carboxylic acids is 1. The molecule has 0 bridgehead atoms. The van der Waals surface area contributed by atoms with E-state index in [1.54, 1.807) is 0 Å². The molecule has 0 aliphatic carbocycles. The molecule has 2 N–H and O–H groups in total. The fourth-order valence-electron chi connectivity index (χ4n) is 2.70. The summed E-state index contributed by atoms with van der Waals surface area (Å²) in [6.07, 6.45) is 2.43. The number of ether oxygens (including phenoxy) is 1. The number of carbonyl (C=O) groups is 2. The van der Waals surface area contributed by atoms with Crippen molar-refractivity contribution in [2.45, 2.75) is 18.5 Å². The lowest BCUT2D eigenvalue weighted by Crippen LogP contribution is -2.51. The molecule has 0 fully saturated rings. The van der Waals surface area contributed by atoms with Gasteiger partial charge in [-0.2, -0.15) is 0 Å². The number of hydrogen-bond acceptors (Lipinski definition) is 5. The normalized spacial score (nSPS) is 19.9. The summed E-state index contributed by atoms with van der Waals surface area (Å²) in [5.41, 5.74) is 1.38. The minimum atomic E-state index is -1.08. The van der Waals surface area contributed by atoms with E-state index in [2.05, 4.69) is 16.5 Å². The van der Waals surface area contributed by atoms with Gasteiger partial charge in [0.25, 0.3) is 0 Å². The fraction of sp³-hybridized carbons (Fsp3) is 0.267. The Balaban J connectivity index is 2.07. The van der Waals surface area contributed by atoms with Crippen molar-refractivity contribution in [2.75, 3.05) is 6.61 Å². The number of aromatic amines is 1. The van der Waals surface area contributed by atoms with Gasteiger partial charge in [-0.15, -0.1) is 11.3 Å². The standard InChI is InChI=1S/C15H15N3O4S/c1-2-5-22-15(21)18-10(14(19)20)7-9-12(17-8-16-9)13(18)11-4-3-6-23-11/h2-4,6,8,10,13H,1,5,7H2,(H,16,17)(H,19,20)/t10-,13-/m0/s1. The van der Waals surface area contributed by atoms with Gasteiger partial charge in [0.1, 0.15) is 18.7 Å². The molecule has 2 aromatic rings. The molecule has 1 aliphatic rings. The SMILES string of the molecule is C=CCOC(=O)N1[C@@H](c2cccs2)c2nc[nH]c2C[C@H]1C(=O)O. The maximum atomic E-state index is 12.5. The Morgan fingerprint density at radius 3 is 3.09 bits per heavy atom. The number of imidazole rings is 1. The molecule has 0 spiro atoms. The lowest BCUT2D eigenvalue weighted by atomic mass is 9.95. The molecule has 1 amide bonds. The van der Waals surface area contributed by atoms with Crippen LogP contribution >= 0.6 is 11.3 Å². The molecule has 3 rings (SSSR count). The van der Waals surface area contributed by atoms with Gasteiger partial charge in [0, 0.05) is 17.0 Å². The topological polar surface area (TPSA) is 95.5 Å². The Labute approximate surface area is 136 Å². The second-order valence-corrected chi connectivity index (χ2v) is 5.99. The molecule has 1 aliphatic heterocycles. The van der Waals surface area contributed by atoms with Gasteiger partial charge in [0.2, 0.25) is 0 Å². The summed E-state index contributed by atoms with van der Waals surface area (Å²) in [6, 6.07) is 2.10. The van der Waals surface area contributed by atoms with Crippen molar-refractivity contribution in [1.82, 2.24) is 14.9 Å². The smallest absolute Gasteiger partial charge is 0.411 e. The van der Waals surface area contributed by atoms with Crippen LogP contribution in [0.2, 0.25) is 0 Å². The quantitative estimate of drug-likeness (QED) is 0.836. The monoisotopic (exact) mass is 333 g/mol. The summed E-state index contributed by atoms with van der Waals surface area (Å²) in [6.45, 7) is 3.52. The van der Waals surface area contributed by atoms with Crippen molar-refractivity contribution >= 4 is 23.4 Å². The number of nitrogens with one attached hydrogen (secondary N) is 1. The summed E-state index contributed by atoms with van der Waals surface area (Å²) < 4.78 is 5.10. The largest absolute Gasteiger partial charge is 0.480 e. The van der Waals surface area contributed by atoms with E-state index in [0.29, 0.717) is 5.69 Å². The number of nitrogens with zero attached hydrogens (tertiary/aromatic N) is 2. The number of aromatic nitrogens is 2. The first-order valence-electron chi connectivity index (χ1n) is 6.97. The van der Waals surface area contributed by atoms with Gasteiger partial charge in [-0.3, -0.25) is 4.90 Å². The summed E-state index contributed by atoms with van der Waals surface area (Å²) >= 11 is 1.44. The molecular weight excluding hydrogens is 318 g/mol. The number of H-pyrrole nitrogens is 1. The van der Waals surface area contributed by atoms with Crippen LogP contribution < -0.4 is 0 Å². The minimum absolute atomic E-state index is 0.0201. The van der Waals surface area contributed by atoms with Gasteiger partial charge in [-0.25, -0.2) is 14.6 Å². The number of carboxylic acid groups (broad SMARTS) is 1. The number of carboxylic acids is 1. The zero-order valence-corrected chi connectivity index (χ0v) is 13.0. The number of rotatable bonds is 4. The third-order valence-electron chi connectivity index (χ3n) is 3.66. The van der Waals surface area contributed by atoms with Crippen LogP contribution in [0.3, 0.4) is 0 Å². The molecule has 0 unspecified atom stereocenters. The maximum absolute atomic E-state index is 12.5. The lowest BCUT2D eigenvalue weighted by Gasteiger charge is -2.37. The number of aliphatic carboxylic acids is 1. The average Bonchev–Trinajstić information content (AvgIpc) is 3.21. The minimum Gasteiger partial charge on any atom is -0.480 e. The van der Waals surface area contributed by atoms with Crippen LogP contribution in [-0.2, 0) is 16.0 Å². The van der Waals surface area contributed by atoms with Crippen LogP contribution in [0.25, 0.3) is 0 Å². The predicted octanol–water partition coefficient (Wildman–Crippen LogP) is 2.19. The number of thiophene rings is 1. The Hall–Kier alpha value is -2.61. The van der Waals surface area contributed by atoms with Crippen LogP contribution in [0.15, 0.2) is 36.5 Å². The number of fused-ring (bicyclic) bond motifs is 1. The zero-order valence-electron chi connectivity index (χ0n) is 12.1. The van der Waals surface area contributed by atoms with Crippen LogP contribution in [0.4, 0.5) is 4.79 Å². The molecule has 2 aromatic heterocycles. The molecule has 120 valence electrons. The fourth-order valence-corrected chi connectivity index (χ4v) is 3.52. The van der Waals surface area contributed by atoms with Crippen molar-refractivity contribution in [3.63, 3.8) is 0 Å². The first-order chi connectivity index (χ1) is 11.1. The highest BCUT2D eigenvalue weighted by Crippen LogP contribution is 2.38. The van der Waals surface area contributed by atoms with Gasteiger partial charge in [0.15, 0.2) is 0 Å². The average molecular weight is 333 g/mol. The zero-order chi connectivity index (χ0) is 16.4.